The molecular formula is C17H24ClN2O8PS. The smallest absolute Gasteiger partial charge is 0.347 e. The van der Waals surface area contributed by atoms with Gasteiger partial charge in [0.2, 0.25) is 0 Å². The summed E-state index contributed by atoms with van der Waals surface area (Å²) < 4.78 is 36.0. The molecule has 0 aromatic carbocycles. The van der Waals surface area contributed by atoms with Crippen LogP contribution in [0.1, 0.15) is 33.9 Å². The number of carbonyl (C=O) groups is 1. The first-order valence-electron chi connectivity index (χ1n) is 9.24. The molecular weight excluding hydrogens is 459 g/mol. The molecule has 1 aromatic heterocycles. The Balaban J connectivity index is 1.66. The maximum atomic E-state index is 12.9. The molecule has 2 fully saturated rings. The molecule has 0 saturated carbocycles. The Morgan fingerprint density at radius 3 is 2.80 bits per heavy atom. The second-order valence-corrected chi connectivity index (χ2v) is 11.7. The van der Waals surface area contributed by atoms with Crippen LogP contribution >= 0.6 is 31.2 Å². The van der Waals surface area contributed by atoms with Gasteiger partial charge < -0.3 is 4.74 Å². The lowest BCUT2D eigenvalue weighted by atomic mass is 10.00. The molecule has 1 aromatic rings. The van der Waals surface area contributed by atoms with Gasteiger partial charge in [0.05, 0.1) is 13.2 Å². The Morgan fingerprint density at radius 2 is 2.17 bits per heavy atom. The summed E-state index contributed by atoms with van der Waals surface area (Å²) in [6.45, 7) is 6.87. The van der Waals surface area contributed by atoms with Crippen LogP contribution in [0.25, 0.3) is 0 Å². The molecule has 1 N–H and O–H groups in total. The number of hydrogen-bond donors (Lipinski definition) is 1. The molecule has 3 heterocycles. The van der Waals surface area contributed by atoms with Crippen molar-refractivity contribution in [3.63, 3.8) is 0 Å². The van der Waals surface area contributed by atoms with Gasteiger partial charge in [-0.2, -0.15) is 0 Å². The number of hydrogen-bond acceptors (Lipinski definition) is 9. The van der Waals surface area contributed by atoms with Gasteiger partial charge in [0.15, 0.2) is 11.3 Å². The van der Waals surface area contributed by atoms with E-state index in [1.165, 1.54) is 12.3 Å². The van der Waals surface area contributed by atoms with E-state index in [-0.39, 0.29) is 24.1 Å². The van der Waals surface area contributed by atoms with Gasteiger partial charge >= 0.3 is 13.5 Å². The molecule has 0 radical (unpaired) electrons. The molecule has 3 rings (SSSR count). The van der Waals surface area contributed by atoms with Crippen molar-refractivity contribution >= 4 is 36.3 Å². The molecule has 0 spiro atoms. The number of rotatable bonds is 5. The first kappa shape index (κ1) is 23.7. The van der Waals surface area contributed by atoms with E-state index in [1.807, 2.05) is 20.8 Å². The van der Waals surface area contributed by atoms with E-state index < -0.39 is 47.8 Å². The fourth-order valence-corrected chi connectivity index (χ4v) is 5.81. The van der Waals surface area contributed by atoms with Gasteiger partial charge in [0, 0.05) is 23.4 Å². The van der Waals surface area contributed by atoms with Gasteiger partial charge in [-0.25, -0.2) is 9.36 Å². The van der Waals surface area contributed by atoms with Crippen molar-refractivity contribution in [2.75, 3.05) is 19.0 Å². The summed E-state index contributed by atoms with van der Waals surface area (Å²) >= 11 is 7.73. The van der Waals surface area contributed by atoms with E-state index in [2.05, 4.69) is 4.98 Å². The number of aromatic nitrogens is 2. The van der Waals surface area contributed by atoms with Crippen LogP contribution in [0.15, 0.2) is 21.9 Å². The second-order valence-electron chi connectivity index (χ2n) is 8.18. The zero-order chi connectivity index (χ0) is 22.3. The summed E-state index contributed by atoms with van der Waals surface area (Å²) in [5.74, 6) is 0.283. The average Bonchev–Trinajstić information content (AvgIpc) is 2.88. The van der Waals surface area contributed by atoms with Gasteiger partial charge in [-0.15, -0.1) is 11.6 Å². The summed E-state index contributed by atoms with van der Waals surface area (Å²) in [5.41, 5.74) is -1.74. The minimum atomic E-state index is -3.94. The van der Waals surface area contributed by atoms with Crippen LogP contribution in [-0.2, 0) is 27.7 Å². The minimum Gasteiger partial charge on any atom is -0.347 e. The van der Waals surface area contributed by atoms with Gasteiger partial charge in [0.25, 0.3) is 5.56 Å². The molecule has 10 nitrogen and oxygen atoms in total. The zero-order valence-corrected chi connectivity index (χ0v) is 19.4. The van der Waals surface area contributed by atoms with Gasteiger partial charge in [-0.1, -0.05) is 32.5 Å². The average molecular weight is 483 g/mol. The molecule has 30 heavy (non-hydrogen) atoms. The van der Waals surface area contributed by atoms with Gasteiger partial charge in [-0.05, 0) is 6.92 Å². The first-order chi connectivity index (χ1) is 13.8. The Bertz CT molecular complexity index is 971. The third kappa shape index (κ3) is 4.93. The van der Waals surface area contributed by atoms with Crippen LogP contribution in [0, 0.1) is 5.41 Å². The number of carbonyl (C=O) groups excluding carboxylic acids is 1. The van der Waals surface area contributed by atoms with Crippen molar-refractivity contribution in [1.82, 2.24) is 9.55 Å². The van der Waals surface area contributed by atoms with E-state index in [1.54, 1.807) is 6.92 Å². The molecule has 2 aliphatic heterocycles. The molecule has 5 atom stereocenters. The molecule has 0 amide bonds. The number of thioether (sulfide) groups is 1. The number of nitrogens with one attached hydrogen (secondary N) is 1. The molecule has 0 unspecified atom stereocenters. The van der Waals surface area contributed by atoms with E-state index >= 15 is 0 Å². The van der Waals surface area contributed by atoms with Crippen molar-refractivity contribution in [3.8, 4) is 0 Å². The lowest BCUT2D eigenvalue weighted by Gasteiger charge is -2.34. The van der Waals surface area contributed by atoms with Crippen LogP contribution < -0.4 is 11.2 Å². The number of nitrogens with zero attached hydrogens (tertiary/aromatic N) is 1. The largest absolute Gasteiger partial charge is 0.475 e. The Kier molecular flexibility index (Phi) is 6.75. The predicted octanol–water partition coefficient (Wildman–Crippen LogP) is 2.28. The molecule has 13 heteroatoms. The number of ether oxygens (including phenoxy) is 1. The fourth-order valence-electron chi connectivity index (χ4n) is 3.02. The summed E-state index contributed by atoms with van der Waals surface area (Å²) in [4.78, 5) is 36.2. The molecule has 2 saturated heterocycles. The van der Waals surface area contributed by atoms with Crippen molar-refractivity contribution in [1.29, 1.82) is 0 Å². The predicted molar refractivity (Wildman–Crippen MR) is 111 cm³/mol. The maximum Gasteiger partial charge on any atom is 0.475 e. The van der Waals surface area contributed by atoms with Crippen molar-refractivity contribution < 1.29 is 27.7 Å². The van der Waals surface area contributed by atoms with Crippen LogP contribution in [-0.4, -0.2) is 50.7 Å². The van der Waals surface area contributed by atoms with E-state index in [0.29, 0.717) is 0 Å². The van der Waals surface area contributed by atoms with Crippen LogP contribution in [0.2, 0.25) is 0 Å². The molecule has 2 aliphatic rings. The van der Waals surface area contributed by atoms with Crippen molar-refractivity contribution in [2.24, 2.45) is 5.41 Å². The quantitative estimate of drug-likeness (QED) is 0.382. The Hall–Kier alpha value is -0.940. The number of phosphoric acid groups is 1. The number of aromatic amines is 1. The highest BCUT2D eigenvalue weighted by Gasteiger charge is 2.60. The molecule has 0 bridgehead atoms. The second kappa shape index (κ2) is 8.54. The first-order valence-corrected chi connectivity index (χ1v) is 12.1. The summed E-state index contributed by atoms with van der Waals surface area (Å²) in [6, 6.07) is 1.17. The number of alkyl halides is 1. The lowest BCUT2D eigenvalue weighted by molar-refractivity contribution is -0.117. The van der Waals surface area contributed by atoms with Crippen molar-refractivity contribution in [3.05, 3.63) is 33.1 Å². The van der Waals surface area contributed by atoms with Crippen LogP contribution in [0.5, 0.6) is 0 Å². The number of H-pyrrole nitrogens is 1. The summed E-state index contributed by atoms with van der Waals surface area (Å²) in [7, 11) is -3.94. The van der Waals surface area contributed by atoms with Crippen LogP contribution in [0.3, 0.4) is 0 Å². The summed E-state index contributed by atoms with van der Waals surface area (Å²) in [6.07, 6.45) is -1.32. The highest BCUT2D eigenvalue weighted by Crippen LogP contribution is 2.59. The van der Waals surface area contributed by atoms with E-state index in [0.717, 1.165) is 16.3 Å². The third-order valence-corrected chi connectivity index (χ3v) is 7.70. The Labute approximate surface area is 182 Å². The van der Waals surface area contributed by atoms with E-state index in [4.69, 9.17) is 29.9 Å². The number of fused-ring (bicyclic) bond motifs is 1. The SMILES string of the molecule is CC(C)(C)C(=O)SCCO[P@]1(=O)OC[C@H]2O[C@@H](n3ccc(=O)[nH]c3=O)[C@](C)(Cl)[C@@H]2O1. The van der Waals surface area contributed by atoms with E-state index in [9.17, 15) is 18.9 Å². The standard InChI is InChI=1S/C17H24ClN2O8PS/c1-16(2,3)14(22)30-8-7-25-29(24)26-9-10-12(28-29)17(4,18)13(27-10)20-6-5-11(21)19-15(20)23/h5-6,10,12-13H,7-9H2,1-4H3,(H,19,21,23)/t10-,12-,13-,17-,29-/m1/s1. The van der Waals surface area contributed by atoms with Gasteiger partial charge in [-0.3, -0.25) is 32.7 Å². The third-order valence-electron chi connectivity index (χ3n) is 4.60. The fraction of sp³-hybridized carbons (Fsp3) is 0.706. The normalized spacial score (nSPS) is 34.0. The number of phosphoric ester groups is 1. The number of halogens is 1. The highest BCUT2D eigenvalue weighted by molar-refractivity contribution is 8.13. The topological polar surface area (TPSA) is 126 Å². The minimum absolute atomic E-state index is 0.0124. The van der Waals surface area contributed by atoms with Crippen LogP contribution in [0.4, 0.5) is 0 Å². The molecule has 168 valence electrons. The summed E-state index contributed by atoms with van der Waals surface area (Å²) in [5, 5.41) is -0.0124. The molecule has 0 aliphatic carbocycles. The monoisotopic (exact) mass is 482 g/mol. The van der Waals surface area contributed by atoms with Crippen molar-refractivity contribution in [2.45, 2.75) is 51.0 Å². The zero-order valence-electron chi connectivity index (χ0n) is 17.0. The highest BCUT2D eigenvalue weighted by atomic mass is 35.5. The Morgan fingerprint density at radius 1 is 1.47 bits per heavy atom. The van der Waals surface area contributed by atoms with Gasteiger partial charge in [0.1, 0.15) is 17.1 Å². The lowest BCUT2D eigenvalue weighted by Crippen LogP contribution is -2.45. The maximum absolute atomic E-state index is 12.9.